The van der Waals surface area contributed by atoms with Crippen LogP contribution in [0.4, 0.5) is 0 Å². The van der Waals surface area contributed by atoms with Crippen molar-refractivity contribution < 1.29 is 14.3 Å². The van der Waals surface area contributed by atoms with Crippen LogP contribution in [0.1, 0.15) is 12.5 Å². The molecule has 6 heteroatoms. The van der Waals surface area contributed by atoms with Gasteiger partial charge < -0.3 is 9.47 Å². The van der Waals surface area contributed by atoms with Crippen LogP contribution in [0, 0.1) is 6.92 Å². The Morgan fingerprint density at radius 3 is 2.56 bits per heavy atom. The summed E-state index contributed by atoms with van der Waals surface area (Å²) < 4.78 is 8.74. The van der Waals surface area contributed by atoms with E-state index in [1.165, 1.54) is 6.92 Å². The molecule has 100 valence electrons. The van der Waals surface area contributed by atoms with Crippen molar-refractivity contribution in [1.82, 2.24) is 0 Å². The van der Waals surface area contributed by atoms with E-state index in [-0.39, 0.29) is 13.2 Å². The summed E-state index contributed by atoms with van der Waals surface area (Å²) in [7, 11) is 0. The van der Waals surface area contributed by atoms with Crippen LogP contribution in [0.25, 0.3) is 0 Å². The van der Waals surface area contributed by atoms with Crippen LogP contribution in [-0.4, -0.2) is 23.5 Å². The van der Waals surface area contributed by atoms with E-state index in [0.29, 0.717) is 10.8 Å². The monoisotopic (exact) mass is 310 g/mol. The largest absolute Gasteiger partial charge is 0.490 e. The molecule has 0 aliphatic rings. The predicted octanol–water partition coefficient (Wildman–Crippen LogP) is 3.76. The van der Waals surface area contributed by atoms with Gasteiger partial charge in [0.1, 0.15) is 19.0 Å². The Morgan fingerprint density at radius 1 is 1.33 bits per heavy atom. The van der Waals surface area contributed by atoms with Crippen LogP contribution < -0.4 is 4.74 Å². The number of hydrogen-bond acceptors (Lipinski definition) is 3. The lowest BCUT2D eigenvalue weighted by Gasteiger charge is -2.13. The number of benzene rings is 1. The highest BCUT2D eigenvalue weighted by Gasteiger charge is 2.29. The van der Waals surface area contributed by atoms with Crippen molar-refractivity contribution in [1.29, 1.82) is 0 Å². The molecule has 0 amide bonds. The first kappa shape index (κ1) is 15.4. The first-order valence-corrected chi connectivity index (χ1v) is 6.38. The summed E-state index contributed by atoms with van der Waals surface area (Å²) in [5.41, 5.74) is 0.911. The Labute approximate surface area is 121 Å². The van der Waals surface area contributed by atoms with Crippen LogP contribution in [0.3, 0.4) is 0 Å². The van der Waals surface area contributed by atoms with Gasteiger partial charge in [0.05, 0.1) is 0 Å². The minimum atomic E-state index is -1.53. The summed E-state index contributed by atoms with van der Waals surface area (Å²) >= 11 is 16.9. The third kappa shape index (κ3) is 4.92. The molecular formula is C12H13Cl3O3. The Bertz CT molecular complexity index is 427. The summed E-state index contributed by atoms with van der Waals surface area (Å²) in [5, 5.41) is 0.645. The second kappa shape index (κ2) is 6.50. The molecule has 0 aliphatic carbocycles. The molecule has 0 radical (unpaired) electrons. The van der Waals surface area contributed by atoms with Crippen molar-refractivity contribution in [3.63, 3.8) is 0 Å². The summed E-state index contributed by atoms with van der Waals surface area (Å²) in [6.07, 6.45) is 0. The molecule has 1 aromatic rings. The van der Waals surface area contributed by atoms with Gasteiger partial charge in [-0.05, 0) is 37.6 Å². The van der Waals surface area contributed by atoms with E-state index in [1.807, 2.05) is 6.92 Å². The van der Waals surface area contributed by atoms with Gasteiger partial charge in [-0.2, -0.15) is 0 Å². The summed E-state index contributed by atoms with van der Waals surface area (Å²) in [5.74, 6) is -0.00257. The molecule has 0 aromatic heterocycles. The van der Waals surface area contributed by atoms with Crippen LogP contribution in [0.15, 0.2) is 18.2 Å². The second-order valence-corrected chi connectivity index (χ2v) is 5.92. The highest BCUT2D eigenvalue weighted by Crippen LogP contribution is 2.22. The quantitative estimate of drug-likeness (QED) is 0.472. The Hall–Kier alpha value is -0.640. The van der Waals surface area contributed by atoms with Crippen LogP contribution in [0.5, 0.6) is 5.75 Å². The molecule has 0 saturated carbocycles. The fourth-order valence-corrected chi connectivity index (χ4v) is 1.52. The molecule has 0 saturated heterocycles. The highest BCUT2D eigenvalue weighted by atomic mass is 35.5. The molecule has 0 heterocycles. The fraction of sp³-hybridized carbons (Fsp3) is 0.417. The number of hydrogen-bond donors (Lipinski definition) is 0. The van der Waals surface area contributed by atoms with Crippen LogP contribution >= 0.6 is 34.8 Å². The molecular weight excluding hydrogens is 298 g/mol. The van der Waals surface area contributed by atoms with E-state index in [1.54, 1.807) is 18.2 Å². The number of rotatable bonds is 5. The minimum Gasteiger partial charge on any atom is -0.490 e. The van der Waals surface area contributed by atoms with Gasteiger partial charge in [0, 0.05) is 5.02 Å². The molecule has 0 unspecified atom stereocenters. The standard InChI is InChI=1S/C12H13Cl3O3/c1-8-7-9(13)3-4-10(8)17-5-6-18-11(16)12(2,14)15/h3-4,7H,5-6H2,1-2H3. The van der Waals surface area contributed by atoms with Gasteiger partial charge in [-0.25, -0.2) is 4.79 Å². The average Bonchev–Trinajstić information content (AvgIpc) is 2.25. The van der Waals surface area contributed by atoms with Crippen molar-refractivity contribution in [3.8, 4) is 5.75 Å². The topological polar surface area (TPSA) is 35.5 Å². The molecule has 0 atom stereocenters. The van der Waals surface area contributed by atoms with Gasteiger partial charge in [-0.1, -0.05) is 34.8 Å². The van der Waals surface area contributed by atoms with E-state index in [4.69, 9.17) is 44.3 Å². The number of esters is 1. The maximum absolute atomic E-state index is 11.2. The molecule has 0 N–H and O–H groups in total. The van der Waals surface area contributed by atoms with Gasteiger partial charge in [-0.15, -0.1) is 0 Å². The number of ether oxygens (including phenoxy) is 2. The van der Waals surface area contributed by atoms with Gasteiger partial charge in [-0.3, -0.25) is 0 Å². The van der Waals surface area contributed by atoms with E-state index in [9.17, 15) is 4.79 Å². The summed E-state index contributed by atoms with van der Waals surface area (Å²) in [6, 6.07) is 5.27. The SMILES string of the molecule is Cc1cc(Cl)ccc1OCCOC(=O)C(C)(Cl)Cl. The fourth-order valence-electron chi connectivity index (χ4n) is 1.19. The van der Waals surface area contributed by atoms with Crippen molar-refractivity contribution in [2.45, 2.75) is 18.2 Å². The van der Waals surface area contributed by atoms with Crippen LogP contribution in [-0.2, 0) is 9.53 Å². The molecule has 1 aromatic carbocycles. The molecule has 0 aliphatic heterocycles. The van der Waals surface area contributed by atoms with E-state index >= 15 is 0 Å². The number of halogens is 3. The van der Waals surface area contributed by atoms with Crippen molar-refractivity contribution >= 4 is 40.8 Å². The minimum absolute atomic E-state index is 0.0793. The zero-order valence-electron chi connectivity index (χ0n) is 10.0. The number of aryl methyl sites for hydroxylation is 1. The second-order valence-electron chi connectivity index (χ2n) is 3.78. The molecule has 1 rings (SSSR count). The van der Waals surface area contributed by atoms with Crippen LogP contribution in [0.2, 0.25) is 5.02 Å². The first-order chi connectivity index (χ1) is 8.30. The smallest absolute Gasteiger partial charge is 0.342 e. The lowest BCUT2D eigenvalue weighted by atomic mass is 10.2. The Kier molecular flexibility index (Phi) is 5.57. The van der Waals surface area contributed by atoms with Crippen molar-refractivity contribution in [2.75, 3.05) is 13.2 Å². The average molecular weight is 312 g/mol. The zero-order valence-corrected chi connectivity index (χ0v) is 12.3. The van der Waals surface area contributed by atoms with Gasteiger partial charge in [0.2, 0.25) is 4.33 Å². The van der Waals surface area contributed by atoms with Gasteiger partial charge in [0.25, 0.3) is 0 Å². The van der Waals surface area contributed by atoms with Crippen molar-refractivity contribution in [3.05, 3.63) is 28.8 Å². The zero-order chi connectivity index (χ0) is 13.8. The first-order valence-electron chi connectivity index (χ1n) is 5.24. The number of alkyl halides is 2. The third-order valence-electron chi connectivity index (χ3n) is 2.07. The number of carbonyl (C=O) groups is 1. The molecule has 18 heavy (non-hydrogen) atoms. The van der Waals surface area contributed by atoms with Gasteiger partial charge in [0.15, 0.2) is 0 Å². The van der Waals surface area contributed by atoms with E-state index in [2.05, 4.69) is 0 Å². The molecule has 0 bridgehead atoms. The maximum Gasteiger partial charge on any atom is 0.342 e. The third-order valence-corrected chi connectivity index (χ3v) is 2.61. The normalized spacial score (nSPS) is 11.2. The maximum atomic E-state index is 11.2. The highest BCUT2D eigenvalue weighted by molar-refractivity contribution is 6.57. The predicted molar refractivity (Wildman–Crippen MR) is 72.8 cm³/mol. The summed E-state index contributed by atoms with van der Waals surface area (Å²) in [4.78, 5) is 11.2. The molecule has 0 fully saturated rings. The number of carbonyl (C=O) groups excluding carboxylic acids is 1. The Morgan fingerprint density at radius 2 is 2.00 bits per heavy atom. The van der Waals surface area contributed by atoms with Gasteiger partial charge >= 0.3 is 5.97 Å². The summed E-state index contributed by atoms with van der Waals surface area (Å²) in [6.45, 7) is 3.53. The van der Waals surface area contributed by atoms with E-state index < -0.39 is 10.3 Å². The molecule has 3 nitrogen and oxygen atoms in total. The van der Waals surface area contributed by atoms with Crippen molar-refractivity contribution in [2.24, 2.45) is 0 Å². The van der Waals surface area contributed by atoms with E-state index in [0.717, 1.165) is 5.56 Å². The lowest BCUT2D eigenvalue weighted by Crippen LogP contribution is -2.26. The Balaban J connectivity index is 2.36. The molecule has 0 spiro atoms. The lowest BCUT2D eigenvalue weighted by molar-refractivity contribution is -0.144.